The van der Waals surface area contributed by atoms with Gasteiger partial charge in [0.1, 0.15) is 0 Å². The summed E-state index contributed by atoms with van der Waals surface area (Å²) in [6.07, 6.45) is 2.85. The first-order valence-corrected chi connectivity index (χ1v) is 12.6. The van der Waals surface area contributed by atoms with Crippen molar-refractivity contribution in [2.45, 2.75) is 38.9 Å². The molecule has 4 rings (SSSR count). The van der Waals surface area contributed by atoms with E-state index in [1.807, 2.05) is 18.2 Å². The summed E-state index contributed by atoms with van der Waals surface area (Å²) in [5.74, 6) is 0. The minimum Gasteiger partial charge on any atom is -0.336 e. The summed E-state index contributed by atoms with van der Waals surface area (Å²) in [5.41, 5.74) is 5.49. The summed E-state index contributed by atoms with van der Waals surface area (Å²) in [7, 11) is -3.22. The van der Waals surface area contributed by atoms with Gasteiger partial charge in [-0.05, 0) is 48.1 Å². The third-order valence-electron chi connectivity index (χ3n) is 6.29. The lowest BCUT2D eigenvalue weighted by atomic mass is 9.99. The van der Waals surface area contributed by atoms with Gasteiger partial charge in [-0.25, -0.2) is 13.2 Å². The molecule has 1 atom stereocenters. The average Bonchev–Trinajstić information content (AvgIpc) is 2.76. The van der Waals surface area contributed by atoms with Crippen LogP contribution in [0.2, 0.25) is 0 Å². The Morgan fingerprint density at radius 2 is 1.74 bits per heavy atom. The summed E-state index contributed by atoms with van der Waals surface area (Å²) >= 11 is 0. The Bertz CT molecular complexity index is 1070. The third-order valence-corrected chi connectivity index (χ3v) is 7.54. The number of urea groups is 1. The Morgan fingerprint density at radius 3 is 2.52 bits per heavy atom. The van der Waals surface area contributed by atoms with Crippen LogP contribution in [0.4, 0.5) is 10.5 Å². The van der Waals surface area contributed by atoms with Crippen molar-refractivity contribution in [3.63, 3.8) is 0 Å². The second-order valence-corrected chi connectivity index (χ2v) is 10.4. The van der Waals surface area contributed by atoms with E-state index in [1.165, 1.54) is 21.7 Å². The predicted molar refractivity (Wildman–Crippen MR) is 122 cm³/mol. The number of nitrogens with zero attached hydrogens (tertiary/aromatic N) is 2. The van der Waals surface area contributed by atoms with E-state index in [-0.39, 0.29) is 12.1 Å². The van der Waals surface area contributed by atoms with E-state index in [0.717, 1.165) is 36.3 Å². The monoisotopic (exact) mass is 442 g/mol. The molecule has 2 aliphatic rings. The zero-order valence-electron chi connectivity index (χ0n) is 18.1. The molecule has 7 nitrogen and oxygen atoms in total. The van der Waals surface area contributed by atoms with Crippen LogP contribution < -0.4 is 10.6 Å². The second kappa shape index (κ2) is 8.98. The number of benzene rings is 2. The van der Waals surface area contributed by atoms with Crippen LogP contribution in [0.3, 0.4) is 0 Å². The van der Waals surface area contributed by atoms with Crippen LogP contribution in [0.5, 0.6) is 0 Å². The molecule has 2 aromatic rings. The number of anilines is 1. The van der Waals surface area contributed by atoms with Crippen LogP contribution in [0.25, 0.3) is 0 Å². The van der Waals surface area contributed by atoms with Crippen molar-refractivity contribution < 1.29 is 13.2 Å². The van der Waals surface area contributed by atoms with Gasteiger partial charge in [0.25, 0.3) is 0 Å². The van der Waals surface area contributed by atoms with Gasteiger partial charge >= 0.3 is 6.03 Å². The third kappa shape index (κ3) is 5.08. The van der Waals surface area contributed by atoms with E-state index >= 15 is 0 Å². The van der Waals surface area contributed by atoms with Crippen LogP contribution in [0.15, 0.2) is 42.5 Å². The van der Waals surface area contributed by atoms with Gasteiger partial charge in [0.2, 0.25) is 10.0 Å². The Hall–Kier alpha value is -2.42. The maximum absolute atomic E-state index is 12.6. The first-order chi connectivity index (χ1) is 14.8. The van der Waals surface area contributed by atoms with Gasteiger partial charge in [-0.3, -0.25) is 4.90 Å². The van der Waals surface area contributed by atoms with E-state index < -0.39 is 10.0 Å². The molecule has 0 fully saturated rings. The highest BCUT2D eigenvalue weighted by atomic mass is 32.2. The molecule has 2 heterocycles. The fourth-order valence-corrected chi connectivity index (χ4v) is 5.21. The zero-order valence-corrected chi connectivity index (χ0v) is 18.9. The van der Waals surface area contributed by atoms with Crippen LogP contribution in [0, 0.1) is 0 Å². The van der Waals surface area contributed by atoms with Crippen molar-refractivity contribution >= 4 is 21.7 Å². The molecule has 1 unspecified atom stereocenters. The van der Waals surface area contributed by atoms with Crippen molar-refractivity contribution in [3.05, 3.63) is 64.7 Å². The summed E-state index contributed by atoms with van der Waals surface area (Å²) in [6.45, 7) is 5.37. The molecule has 8 heteroatoms. The largest absolute Gasteiger partial charge is 0.336 e. The number of amides is 2. The summed E-state index contributed by atoms with van der Waals surface area (Å²) in [5, 5.41) is 5.96. The number of carbonyl (C=O) groups excluding carboxylic acids is 1. The predicted octanol–water partition coefficient (Wildman–Crippen LogP) is 2.57. The molecular formula is C23H30N4O3S. The minimum absolute atomic E-state index is 0.229. The van der Waals surface area contributed by atoms with Crippen LogP contribution in [-0.4, -0.2) is 55.6 Å². The smallest absolute Gasteiger partial charge is 0.319 e. The van der Waals surface area contributed by atoms with Crippen molar-refractivity contribution in [1.82, 2.24) is 14.5 Å². The summed E-state index contributed by atoms with van der Waals surface area (Å²) in [6, 6.07) is 14.2. The van der Waals surface area contributed by atoms with Crippen LogP contribution in [-0.2, 0) is 36.0 Å². The molecule has 2 aromatic carbocycles. The molecule has 166 valence electrons. The zero-order chi connectivity index (χ0) is 22.0. The SMILES string of the molecule is CC(CNC(=O)Nc1cccc2c1CCN(S(C)(=O)=O)C2)N1CCc2ccccc2C1. The van der Waals surface area contributed by atoms with Gasteiger partial charge in [0.15, 0.2) is 0 Å². The lowest BCUT2D eigenvalue weighted by Crippen LogP contribution is -2.45. The molecular weight excluding hydrogens is 412 g/mol. The van der Waals surface area contributed by atoms with Gasteiger partial charge in [-0.2, -0.15) is 4.31 Å². The lowest BCUT2D eigenvalue weighted by molar-refractivity contribution is 0.186. The van der Waals surface area contributed by atoms with Crippen LogP contribution >= 0.6 is 0 Å². The number of carbonyl (C=O) groups is 1. The molecule has 2 aliphatic heterocycles. The quantitative estimate of drug-likeness (QED) is 0.746. The topological polar surface area (TPSA) is 81.8 Å². The number of hydrogen-bond acceptors (Lipinski definition) is 4. The molecule has 2 N–H and O–H groups in total. The normalized spacial score (nSPS) is 18.0. The first kappa shape index (κ1) is 21.8. The fourth-order valence-electron chi connectivity index (χ4n) is 4.41. The number of nitrogens with one attached hydrogen (secondary N) is 2. The highest BCUT2D eigenvalue weighted by molar-refractivity contribution is 7.88. The van der Waals surface area contributed by atoms with E-state index in [4.69, 9.17) is 0 Å². The van der Waals surface area contributed by atoms with Crippen molar-refractivity contribution in [2.75, 3.05) is 31.2 Å². The molecule has 2 amide bonds. The average molecular weight is 443 g/mol. The minimum atomic E-state index is -3.22. The van der Waals surface area contributed by atoms with Gasteiger partial charge < -0.3 is 10.6 Å². The summed E-state index contributed by atoms with van der Waals surface area (Å²) < 4.78 is 25.2. The molecule has 0 radical (unpaired) electrons. The highest BCUT2D eigenvalue weighted by Gasteiger charge is 2.25. The number of fused-ring (bicyclic) bond motifs is 2. The van der Waals surface area contributed by atoms with Gasteiger partial charge in [-0.15, -0.1) is 0 Å². The Kier molecular flexibility index (Phi) is 6.31. The van der Waals surface area contributed by atoms with Crippen molar-refractivity contribution in [3.8, 4) is 0 Å². The lowest BCUT2D eigenvalue weighted by Gasteiger charge is -2.33. The van der Waals surface area contributed by atoms with Gasteiger partial charge in [0.05, 0.1) is 6.26 Å². The summed E-state index contributed by atoms with van der Waals surface area (Å²) in [4.78, 5) is 15.0. The molecule has 0 aliphatic carbocycles. The fraction of sp³-hybridized carbons (Fsp3) is 0.435. The van der Waals surface area contributed by atoms with E-state index in [0.29, 0.717) is 26.1 Å². The molecule has 0 saturated heterocycles. The number of hydrogen-bond donors (Lipinski definition) is 2. The standard InChI is InChI=1S/C23H30N4O3S/c1-17(26-12-10-18-6-3-4-7-19(18)15-26)14-24-23(28)25-22-9-5-8-20-16-27(31(2,29)30)13-11-21(20)22/h3-9,17H,10-16H2,1-2H3,(H2,24,25,28). The van der Waals surface area contributed by atoms with E-state index in [1.54, 1.807) is 0 Å². The Balaban J connectivity index is 1.33. The number of rotatable bonds is 5. The van der Waals surface area contributed by atoms with Gasteiger partial charge in [0, 0.05) is 44.5 Å². The first-order valence-electron chi connectivity index (χ1n) is 10.7. The molecule has 31 heavy (non-hydrogen) atoms. The molecule has 0 bridgehead atoms. The second-order valence-electron chi connectivity index (χ2n) is 8.46. The van der Waals surface area contributed by atoms with Crippen LogP contribution in [0.1, 0.15) is 29.2 Å². The van der Waals surface area contributed by atoms with Crippen molar-refractivity contribution in [2.24, 2.45) is 0 Å². The van der Waals surface area contributed by atoms with Crippen molar-refractivity contribution in [1.29, 1.82) is 0 Å². The van der Waals surface area contributed by atoms with E-state index in [2.05, 4.69) is 46.7 Å². The Labute approximate surface area is 184 Å². The maximum Gasteiger partial charge on any atom is 0.319 e. The molecule has 0 spiro atoms. The molecule has 0 saturated carbocycles. The maximum atomic E-state index is 12.6. The Morgan fingerprint density at radius 1 is 1.00 bits per heavy atom. The molecule has 0 aromatic heterocycles. The number of sulfonamides is 1. The van der Waals surface area contributed by atoms with E-state index in [9.17, 15) is 13.2 Å². The van der Waals surface area contributed by atoms with Gasteiger partial charge in [-0.1, -0.05) is 36.4 Å². The highest BCUT2D eigenvalue weighted by Crippen LogP contribution is 2.27.